The molecule has 154 valence electrons. The smallest absolute Gasteiger partial charge is 0.369 e. The number of fused-ring (bicyclic) bond motifs is 1. The SMILES string of the molecule is FC(F)(F)C1=C2N=NC(CC3CC3)N2C=CN1N1CCN(c2ccccc2)CC1. The number of rotatable bonds is 4. The van der Waals surface area contributed by atoms with Crippen LogP contribution in [0.2, 0.25) is 0 Å². The molecule has 1 aromatic rings. The maximum absolute atomic E-state index is 14.0. The molecule has 5 rings (SSSR count). The van der Waals surface area contributed by atoms with Gasteiger partial charge in [0.1, 0.15) is 6.17 Å². The van der Waals surface area contributed by atoms with Crippen molar-refractivity contribution in [2.24, 2.45) is 16.1 Å². The predicted octanol–water partition coefficient (Wildman–Crippen LogP) is 4.14. The van der Waals surface area contributed by atoms with Crippen LogP contribution in [0.1, 0.15) is 19.3 Å². The number of para-hydroxylation sites is 1. The van der Waals surface area contributed by atoms with Crippen LogP contribution in [0.3, 0.4) is 0 Å². The zero-order valence-corrected chi connectivity index (χ0v) is 16.0. The van der Waals surface area contributed by atoms with Crippen LogP contribution in [0.5, 0.6) is 0 Å². The minimum absolute atomic E-state index is 0.0869. The summed E-state index contributed by atoms with van der Waals surface area (Å²) in [6.45, 7) is 2.30. The summed E-state index contributed by atoms with van der Waals surface area (Å²) in [5.41, 5.74) is 0.352. The quantitative estimate of drug-likeness (QED) is 0.756. The third-order valence-electron chi connectivity index (χ3n) is 5.85. The van der Waals surface area contributed by atoms with E-state index in [9.17, 15) is 13.2 Å². The molecular formula is C20H23F3N6. The summed E-state index contributed by atoms with van der Waals surface area (Å²) in [4.78, 5) is 3.77. The van der Waals surface area contributed by atoms with Gasteiger partial charge in [-0.1, -0.05) is 31.0 Å². The van der Waals surface area contributed by atoms with Crippen molar-refractivity contribution in [2.75, 3.05) is 31.1 Å². The second kappa shape index (κ2) is 7.05. The van der Waals surface area contributed by atoms with Gasteiger partial charge in [-0.05, 0) is 24.5 Å². The van der Waals surface area contributed by atoms with Crippen molar-refractivity contribution in [2.45, 2.75) is 31.6 Å². The molecule has 1 atom stereocenters. The molecule has 0 spiro atoms. The van der Waals surface area contributed by atoms with Crippen LogP contribution in [0, 0.1) is 5.92 Å². The van der Waals surface area contributed by atoms with Gasteiger partial charge in [-0.2, -0.15) is 18.3 Å². The topological polar surface area (TPSA) is 37.7 Å². The van der Waals surface area contributed by atoms with Gasteiger partial charge in [0.15, 0.2) is 11.5 Å². The van der Waals surface area contributed by atoms with E-state index in [-0.39, 0.29) is 12.0 Å². The summed E-state index contributed by atoms with van der Waals surface area (Å²) in [5.74, 6) is 0.473. The second-order valence-electron chi connectivity index (χ2n) is 7.87. The van der Waals surface area contributed by atoms with Crippen molar-refractivity contribution in [1.29, 1.82) is 0 Å². The van der Waals surface area contributed by atoms with Gasteiger partial charge in [0.05, 0.1) is 0 Å². The lowest BCUT2D eigenvalue weighted by Gasteiger charge is -2.44. The van der Waals surface area contributed by atoms with Crippen LogP contribution >= 0.6 is 0 Å². The average molecular weight is 404 g/mol. The molecule has 1 aromatic carbocycles. The fourth-order valence-electron chi connectivity index (χ4n) is 4.13. The lowest BCUT2D eigenvalue weighted by Crippen LogP contribution is -2.54. The molecule has 0 amide bonds. The molecule has 4 aliphatic rings. The summed E-state index contributed by atoms with van der Waals surface area (Å²) in [7, 11) is 0. The third kappa shape index (κ3) is 3.59. The van der Waals surface area contributed by atoms with E-state index in [4.69, 9.17) is 0 Å². The number of piperazine rings is 1. The minimum atomic E-state index is -4.51. The summed E-state index contributed by atoms with van der Waals surface area (Å²) in [5, 5.41) is 11.1. The number of hydrogen-bond acceptors (Lipinski definition) is 6. The molecule has 1 saturated carbocycles. The summed E-state index contributed by atoms with van der Waals surface area (Å²) < 4.78 is 42.1. The molecule has 2 fully saturated rings. The monoisotopic (exact) mass is 404 g/mol. The van der Waals surface area contributed by atoms with E-state index in [1.165, 1.54) is 11.2 Å². The normalized spacial score (nSPS) is 25.2. The highest BCUT2D eigenvalue weighted by atomic mass is 19.4. The fourth-order valence-corrected chi connectivity index (χ4v) is 4.13. The van der Waals surface area contributed by atoms with E-state index in [0.29, 0.717) is 32.1 Å². The molecule has 3 aliphatic heterocycles. The standard InChI is InChI=1S/C20H23F3N6/c21-20(22,23)18-19-25-24-17(14-15-6-7-15)28(19)12-13-29(18)27-10-8-26(9-11-27)16-4-2-1-3-5-16/h1-5,12-13,15,17H,6-11,14H2. The van der Waals surface area contributed by atoms with Crippen molar-refractivity contribution >= 4 is 5.69 Å². The molecule has 1 aliphatic carbocycles. The van der Waals surface area contributed by atoms with Crippen molar-refractivity contribution in [3.05, 3.63) is 54.2 Å². The number of halogens is 3. The van der Waals surface area contributed by atoms with Gasteiger partial charge in [-0.25, -0.2) is 5.01 Å². The number of anilines is 1. The summed E-state index contributed by atoms with van der Waals surface area (Å²) in [6.07, 6.45) is 1.41. The first-order valence-corrected chi connectivity index (χ1v) is 10.0. The van der Waals surface area contributed by atoms with Crippen LogP contribution in [-0.2, 0) is 0 Å². The van der Waals surface area contributed by atoms with Crippen molar-refractivity contribution in [3.63, 3.8) is 0 Å². The first kappa shape index (κ1) is 18.5. The molecule has 0 radical (unpaired) electrons. The van der Waals surface area contributed by atoms with Crippen molar-refractivity contribution in [1.82, 2.24) is 14.9 Å². The Morgan fingerprint density at radius 1 is 0.966 bits per heavy atom. The Balaban J connectivity index is 1.34. The van der Waals surface area contributed by atoms with E-state index < -0.39 is 11.9 Å². The van der Waals surface area contributed by atoms with Crippen LogP contribution in [-0.4, -0.2) is 53.4 Å². The highest BCUT2D eigenvalue weighted by Gasteiger charge is 2.48. The third-order valence-corrected chi connectivity index (χ3v) is 5.85. The van der Waals surface area contributed by atoms with E-state index in [1.807, 2.05) is 30.3 Å². The highest BCUT2D eigenvalue weighted by Crippen LogP contribution is 2.43. The number of allylic oxidation sites excluding steroid dienone is 1. The first-order chi connectivity index (χ1) is 14.0. The maximum Gasteiger partial charge on any atom is 0.436 e. The zero-order valence-electron chi connectivity index (χ0n) is 16.0. The van der Waals surface area contributed by atoms with Crippen molar-refractivity contribution in [3.8, 4) is 0 Å². The zero-order chi connectivity index (χ0) is 20.0. The minimum Gasteiger partial charge on any atom is -0.369 e. The molecule has 1 saturated heterocycles. The van der Waals surface area contributed by atoms with Crippen LogP contribution in [0.25, 0.3) is 0 Å². The van der Waals surface area contributed by atoms with E-state index in [0.717, 1.165) is 24.9 Å². The number of hydrogen-bond donors (Lipinski definition) is 0. The van der Waals surface area contributed by atoms with E-state index >= 15 is 0 Å². The predicted molar refractivity (Wildman–Crippen MR) is 102 cm³/mol. The summed E-state index contributed by atoms with van der Waals surface area (Å²) >= 11 is 0. The molecule has 3 heterocycles. The maximum atomic E-state index is 14.0. The van der Waals surface area contributed by atoms with E-state index in [2.05, 4.69) is 15.1 Å². The Hall–Kier alpha value is -2.55. The molecule has 0 aromatic heterocycles. The summed E-state index contributed by atoms with van der Waals surface area (Å²) in [6, 6.07) is 9.95. The van der Waals surface area contributed by atoms with Gasteiger partial charge in [0, 0.05) is 44.3 Å². The Kier molecular flexibility index (Phi) is 4.49. The lowest BCUT2D eigenvalue weighted by molar-refractivity contribution is -0.135. The van der Waals surface area contributed by atoms with Gasteiger partial charge in [0.2, 0.25) is 0 Å². The number of azo groups is 1. The van der Waals surface area contributed by atoms with Crippen LogP contribution in [0.4, 0.5) is 18.9 Å². The lowest BCUT2D eigenvalue weighted by atomic mass is 10.2. The Labute approximate surface area is 167 Å². The molecular weight excluding hydrogens is 381 g/mol. The molecule has 1 unspecified atom stereocenters. The van der Waals surface area contributed by atoms with E-state index in [1.54, 1.807) is 16.1 Å². The van der Waals surface area contributed by atoms with Crippen molar-refractivity contribution < 1.29 is 13.2 Å². The highest BCUT2D eigenvalue weighted by molar-refractivity contribution is 5.46. The Bertz CT molecular complexity index is 838. The Morgan fingerprint density at radius 2 is 1.69 bits per heavy atom. The van der Waals surface area contributed by atoms with Gasteiger partial charge in [-0.3, -0.25) is 5.01 Å². The van der Waals surface area contributed by atoms with Gasteiger partial charge in [0.25, 0.3) is 0 Å². The average Bonchev–Trinajstić information content (AvgIpc) is 3.46. The Morgan fingerprint density at radius 3 is 2.34 bits per heavy atom. The second-order valence-corrected chi connectivity index (χ2v) is 7.87. The van der Waals surface area contributed by atoms with Gasteiger partial charge < -0.3 is 9.80 Å². The number of benzene rings is 1. The first-order valence-electron chi connectivity index (χ1n) is 10.0. The molecule has 29 heavy (non-hydrogen) atoms. The van der Waals surface area contributed by atoms with Gasteiger partial charge in [-0.15, -0.1) is 5.11 Å². The molecule has 9 heteroatoms. The number of nitrogens with zero attached hydrogens (tertiary/aromatic N) is 6. The largest absolute Gasteiger partial charge is 0.436 e. The molecule has 6 nitrogen and oxygen atoms in total. The van der Waals surface area contributed by atoms with Crippen LogP contribution < -0.4 is 4.90 Å². The molecule has 0 N–H and O–H groups in total. The number of hydrazine groups is 1. The van der Waals surface area contributed by atoms with Gasteiger partial charge >= 0.3 is 6.18 Å². The molecule has 0 bridgehead atoms. The van der Waals surface area contributed by atoms with Crippen LogP contribution in [0.15, 0.2) is 64.5 Å². The number of alkyl halides is 3. The fraction of sp³-hybridized carbons (Fsp3) is 0.500.